The standard InChI is InChI=1S/C58H54F12O18P2S3/c1-27(2)16-39(71)91-14-12-81-90(78,58(69,70)37-11-10-32-8-9-33(21-34(32)22-37)54(73)87-51-47(65)43(61)41(59)44(62)48(51)66)82-13-15-92-40(72)18-30(7)17-35-19-31(24-89(77,83-25-79-56(75)85-28(3)4)84-26-80-57(76)86-29(5)6)20-36-23-38(93-53(35)36)55(74)88-52-49(67)45(63)42(60)46(64)50(52)68/h8-11,19-23,27-30H,12-18,24-26H2,1-7H3. The van der Waals surface area contributed by atoms with Crippen molar-refractivity contribution in [3.8, 4) is 11.5 Å². The summed E-state index contributed by atoms with van der Waals surface area (Å²) >= 11 is 1.81. The normalized spacial score (nSPS) is 13.0. The first-order valence-corrected chi connectivity index (χ1v) is 33.3. The van der Waals surface area contributed by atoms with E-state index in [1.54, 1.807) is 20.8 Å². The maximum atomic E-state index is 16.8. The van der Waals surface area contributed by atoms with Gasteiger partial charge in [0.2, 0.25) is 83.3 Å². The van der Waals surface area contributed by atoms with Gasteiger partial charge in [0.05, 0.1) is 37.1 Å². The molecule has 0 radical (unpaired) electrons. The number of benzene rings is 5. The van der Waals surface area contributed by atoms with Crippen molar-refractivity contribution in [1.82, 2.24) is 0 Å². The lowest BCUT2D eigenvalue weighted by molar-refractivity contribution is -0.112. The van der Waals surface area contributed by atoms with Crippen LogP contribution in [-0.2, 0) is 74.0 Å². The van der Waals surface area contributed by atoms with Crippen LogP contribution in [0.5, 0.6) is 11.5 Å². The second-order valence-corrected chi connectivity index (χ2v) is 28.3. The summed E-state index contributed by atoms with van der Waals surface area (Å²) in [7, 11) is -10.4. The lowest BCUT2D eigenvalue weighted by atomic mass is 9.96. The monoisotopic (exact) mass is 1420 g/mol. The summed E-state index contributed by atoms with van der Waals surface area (Å²) in [5.41, 5.74) is -5.99. The highest BCUT2D eigenvalue weighted by atomic mass is 32.2. The van der Waals surface area contributed by atoms with Crippen LogP contribution in [0.3, 0.4) is 0 Å². The molecule has 0 aliphatic carbocycles. The number of esters is 2. The average molecular weight is 1430 g/mol. The molecule has 0 saturated heterocycles. The summed E-state index contributed by atoms with van der Waals surface area (Å²) in [6.45, 7) is 7.30. The van der Waals surface area contributed by atoms with Gasteiger partial charge in [-0.15, -0.1) is 11.3 Å². The SMILES string of the molecule is CC(C)CC(=O)SCCOP(=O)(OCCSC(=O)CC(C)Cc1cc(CP(=O)(OCOC(=O)OC(C)C)OCOC(=O)OC(C)C)cc2cc(C(=O)Oc3c(F)c(F)c(F)c(F)c3F)sc12)C(F)(F)c1ccc2ccc(C(=O)Oc3c(F)c(F)c(F)c(F)c3F)cc2c1. The second kappa shape index (κ2) is 32.6. The van der Waals surface area contributed by atoms with Gasteiger partial charge in [0.15, 0.2) is 10.2 Å². The zero-order valence-electron chi connectivity index (χ0n) is 49.6. The van der Waals surface area contributed by atoms with Crippen LogP contribution in [0.2, 0.25) is 0 Å². The summed E-state index contributed by atoms with van der Waals surface area (Å²) < 4.78 is 254. The van der Waals surface area contributed by atoms with Gasteiger partial charge in [-0.25, -0.2) is 45.5 Å². The van der Waals surface area contributed by atoms with E-state index in [1.807, 2.05) is 0 Å². The van der Waals surface area contributed by atoms with E-state index in [4.69, 9.17) is 37.0 Å². The van der Waals surface area contributed by atoms with Crippen molar-refractivity contribution < 1.29 is 137 Å². The summed E-state index contributed by atoms with van der Waals surface area (Å²) in [5.74, 6) is -33.4. The summed E-state index contributed by atoms with van der Waals surface area (Å²) in [6, 6.07) is 9.36. The Morgan fingerprint density at radius 3 is 1.51 bits per heavy atom. The Morgan fingerprint density at radius 1 is 0.538 bits per heavy atom. The third-order valence-corrected chi connectivity index (χ3v) is 18.9. The fraction of sp³-hybridized carbons (Fsp3) is 0.379. The number of hydrogen-bond donors (Lipinski definition) is 0. The smallest absolute Gasteiger partial charge is 0.432 e. The molecule has 6 aromatic rings. The van der Waals surface area contributed by atoms with Crippen LogP contribution < -0.4 is 9.47 Å². The van der Waals surface area contributed by atoms with Crippen LogP contribution in [0.15, 0.2) is 54.6 Å². The number of hydrogen-bond acceptors (Lipinski definition) is 21. The van der Waals surface area contributed by atoms with Gasteiger partial charge >= 0.3 is 45.1 Å². The van der Waals surface area contributed by atoms with Crippen molar-refractivity contribution in [2.45, 2.75) is 91.8 Å². The van der Waals surface area contributed by atoms with Crippen molar-refractivity contribution >= 4 is 105 Å². The number of thiophene rings is 1. The molecule has 1 heterocycles. The van der Waals surface area contributed by atoms with E-state index in [1.165, 1.54) is 39.8 Å². The van der Waals surface area contributed by atoms with Gasteiger partial charge in [-0.3, -0.25) is 27.8 Å². The Morgan fingerprint density at radius 2 is 1.01 bits per heavy atom. The molecule has 0 spiro atoms. The van der Waals surface area contributed by atoms with Gasteiger partial charge in [0, 0.05) is 34.6 Å². The maximum Gasteiger partial charge on any atom is 0.510 e. The fourth-order valence-corrected chi connectivity index (χ4v) is 13.9. The lowest BCUT2D eigenvalue weighted by Crippen LogP contribution is -2.20. The largest absolute Gasteiger partial charge is 0.510 e. The Balaban J connectivity index is 1.23. The molecule has 0 amide bonds. The van der Waals surface area contributed by atoms with E-state index in [2.05, 4.69) is 9.47 Å². The van der Waals surface area contributed by atoms with Crippen molar-refractivity contribution in [1.29, 1.82) is 0 Å². The van der Waals surface area contributed by atoms with E-state index in [0.29, 0.717) is 34.9 Å². The molecule has 2 atom stereocenters. The van der Waals surface area contributed by atoms with Gasteiger partial charge in [-0.1, -0.05) is 68.6 Å². The molecular weight excluding hydrogens is 1370 g/mol. The van der Waals surface area contributed by atoms with Crippen molar-refractivity contribution in [3.05, 3.63) is 140 Å². The average Bonchev–Trinajstić information content (AvgIpc) is 1.38. The van der Waals surface area contributed by atoms with E-state index in [0.717, 1.165) is 42.5 Å². The fourth-order valence-electron chi connectivity index (χ4n) is 8.12. The van der Waals surface area contributed by atoms with Crippen LogP contribution in [-0.4, -0.2) is 85.0 Å². The quantitative estimate of drug-likeness (QED) is 0.00596. The molecule has 0 fully saturated rings. The Bertz CT molecular complexity index is 3820. The van der Waals surface area contributed by atoms with Crippen LogP contribution in [0.4, 0.5) is 62.3 Å². The first-order chi connectivity index (χ1) is 43.5. The molecule has 0 aliphatic heterocycles. The Hall–Kier alpha value is -6.70. The molecule has 35 heteroatoms. The second-order valence-electron chi connectivity index (χ2n) is 20.8. The van der Waals surface area contributed by atoms with Crippen LogP contribution in [0.1, 0.15) is 98.0 Å². The number of carbonyl (C=O) groups is 6. The van der Waals surface area contributed by atoms with Crippen molar-refractivity contribution in [3.63, 3.8) is 0 Å². The van der Waals surface area contributed by atoms with Gasteiger partial charge < -0.3 is 37.5 Å². The molecular formula is C58H54F12O18P2S3. The minimum atomic E-state index is -5.73. The van der Waals surface area contributed by atoms with Crippen LogP contribution >= 0.6 is 50.1 Å². The van der Waals surface area contributed by atoms with Crippen LogP contribution in [0, 0.1) is 70.0 Å². The lowest BCUT2D eigenvalue weighted by Gasteiger charge is -2.27. The van der Waals surface area contributed by atoms with Gasteiger partial charge in [-0.2, -0.15) is 26.3 Å². The Kier molecular flexibility index (Phi) is 26.4. The van der Waals surface area contributed by atoms with Gasteiger partial charge in [0.25, 0.3) is 0 Å². The first-order valence-electron chi connectivity index (χ1n) is 27.2. The van der Waals surface area contributed by atoms with E-state index < -0.39 is 193 Å². The molecule has 93 heavy (non-hydrogen) atoms. The number of fused-ring (bicyclic) bond motifs is 2. The summed E-state index contributed by atoms with van der Waals surface area (Å²) in [5, 5.41) is -0.999. The molecule has 0 saturated carbocycles. The molecule has 0 bridgehead atoms. The minimum Gasteiger partial charge on any atom is -0.432 e. The number of halogens is 12. The molecule has 2 unspecified atom stereocenters. The third-order valence-electron chi connectivity index (χ3n) is 12.2. The predicted molar refractivity (Wildman–Crippen MR) is 312 cm³/mol. The number of thioether (sulfide) groups is 2. The number of carbonyl (C=O) groups excluding carboxylic acids is 6. The van der Waals surface area contributed by atoms with Crippen molar-refractivity contribution in [2.75, 3.05) is 38.3 Å². The summed E-state index contributed by atoms with van der Waals surface area (Å²) in [6.07, 6.45) is -4.94. The number of ether oxygens (including phenoxy) is 6. The third kappa shape index (κ3) is 19.7. The maximum absolute atomic E-state index is 16.8. The molecule has 18 nitrogen and oxygen atoms in total. The highest BCUT2D eigenvalue weighted by Gasteiger charge is 2.55. The van der Waals surface area contributed by atoms with E-state index >= 15 is 8.78 Å². The molecule has 0 N–H and O–H groups in total. The highest BCUT2D eigenvalue weighted by Crippen LogP contribution is 2.67. The van der Waals surface area contributed by atoms with Crippen molar-refractivity contribution in [2.24, 2.45) is 11.8 Å². The first kappa shape index (κ1) is 75.3. The predicted octanol–water partition coefficient (Wildman–Crippen LogP) is 16.8. The Labute approximate surface area is 533 Å². The molecule has 5 aromatic carbocycles. The molecule has 0 aliphatic rings. The molecule has 506 valence electrons. The topological polar surface area (TPSA) is 229 Å². The molecule has 6 rings (SSSR count). The summed E-state index contributed by atoms with van der Waals surface area (Å²) in [4.78, 5) is 76.1. The van der Waals surface area contributed by atoms with Gasteiger partial charge in [-0.05, 0) is 104 Å². The number of alkyl halides is 2. The minimum absolute atomic E-state index is 0.0342. The van der Waals surface area contributed by atoms with E-state index in [-0.39, 0.29) is 68.0 Å². The zero-order valence-corrected chi connectivity index (χ0v) is 53.8. The van der Waals surface area contributed by atoms with Gasteiger partial charge in [0.1, 0.15) is 4.88 Å². The van der Waals surface area contributed by atoms with E-state index in [9.17, 15) is 81.8 Å². The highest BCUT2D eigenvalue weighted by molar-refractivity contribution is 8.13. The number of rotatable bonds is 30. The molecule has 1 aromatic heterocycles. The zero-order chi connectivity index (χ0) is 69.0. The van der Waals surface area contributed by atoms with Crippen LogP contribution in [0.25, 0.3) is 20.9 Å².